The van der Waals surface area contributed by atoms with Crippen LogP contribution < -0.4 is 4.74 Å². The summed E-state index contributed by atoms with van der Waals surface area (Å²) >= 11 is 0. The number of hydrogen-bond donors (Lipinski definition) is 0. The van der Waals surface area contributed by atoms with Gasteiger partial charge in [-0.25, -0.2) is 26.3 Å². The first-order valence-corrected chi connectivity index (χ1v) is 16.5. The third kappa shape index (κ3) is 9.12. The van der Waals surface area contributed by atoms with Crippen molar-refractivity contribution >= 4 is 6.08 Å². The van der Waals surface area contributed by atoms with E-state index in [0.29, 0.717) is 36.2 Å². The van der Waals surface area contributed by atoms with Gasteiger partial charge in [-0.2, -0.15) is 22.0 Å². The number of rotatable bonds is 11. The molecule has 5 rings (SSSR count). The Bertz CT molecular complexity index is 1840. The Morgan fingerprint density at radius 1 is 0.647 bits per heavy atom. The topological polar surface area (TPSA) is 9.23 Å². The fraction of sp³-hybridized carbons (Fsp3) is 0.333. The summed E-state index contributed by atoms with van der Waals surface area (Å²) in [6.45, 7) is 2.15. The lowest BCUT2D eigenvalue weighted by Crippen LogP contribution is -2.25. The maximum Gasteiger partial charge on any atom is 0.432 e. The Morgan fingerprint density at radius 2 is 1.20 bits per heavy atom. The van der Waals surface area contributed by atoms with Gasteiger partial charge < -0.3 is 4.74 Å². The third-order valence-electron chi connectivity index (χ3n) is 9.19. The summed E-state index contributed by atoms with van der Waals surface area (Å²) < 4.78 is 161. The van der Waals surface area contributed by atoms with E-state index in [-0.39, 0.29) is 23.1 Å². The van der Waals surface area contributed by atoms with Crippen LogP contribution in [0.1, 0.15) is 80.9 Å². The molecule has 272 valence electrons. The predicted molar refractivity (Wildman–Crippen MR) is 172 cm³/mol. The minimum atomic E-state index is -4.86. The van der Waals surface area contributed by atoms with Crippen LogP contribution in [0.4, 0.5) is 48.3 Å². The molecule has 0 amide bonds. The zero-order valence-electron chi connectivity index (χ0n) is 27.3. The lowest BCUT2D eigenvalue weighted by molar-refractivity contribution is -0.189. The zero-order chi connectivity index (χ0) is 37.1. The molecule has 51 heavy (non-hydrogen) atoms. The number of allylic oxidation sites excluding steroid dienone is 1. The van der Waals surface area contributed by atoms with Crippen molar-refractivity contribution in [1.29, 1.82) is 0 Å². The molecule has 1 fully saturated rings. The minimum Gasteiger partial charge on any atom is -0.429 e. The van der Waals surface area contributed by atoms with E-state index < -0.39 is 81.3 Å². The van der Waals surface area contributed by atoms with E-state index in [4.69, 9.17) is 0 Å². The van der Waals surface area contributed by atoms with Crippen LogP contribution in [0, 0.1) is 40.8 Å². The molecule has 4 aromatic carbocycles. The Kier molecular flexibility index (Phi) is 11.5. The highest BCUT2D eigenvalue weighted by atomic mass is 19.4. The maximum absolute atomic E-state index is 15.3. The smallest absolute Gasteiger partial charge is 0.429 e. The Labute approximate surface area is 287 Å². The fourth-order valence-corrected chi connectivity index (χ4v) is 6.56. The first-order valence-electron chi connectivity index (χ1n) is 16.5. The van der Waals surface area contributed by atoms with E-state index in [0.717, 1.165) is 49.8 Å². The molecule has 0 heterocycles. The molecular formula is C39H33F11O. The van der Waals surface area contributed by atoms with Gasteiger partial charge in [0.15, 0.2) is 0 Å². The molecule has 4 aromatic rings. The summed E-state index contributed by atoms with van der Waals surface area (Å²) in [5.74, 6) is -8.71. The van der Waals surface area contributed by atoms with Gasteiger partial charge >= 0.3 is 12.3 Å². The van der Waals surface area contributed by atoms with E-state index in [2.05, 4.69) is 11.7 Å². The zero-order valence-corrected chi connectivity index (χ0v) is 27.3. The quantitative estimate of drug-likeness (QED) is 0.110. The molecule has 0 N–H and O–H groups in total. The first kappa shape index (κ1) is 37.9. The van der Waals surface area contributed by atoms with E-state index in [9.17, 15) is 26.3 Å². The van der Waals surface area contributed by atoms with Crippen molar-refractivity contribution in [2.45, 2.75) is 76.5 Å². The van der Waals surface area contributed by atoms with Crippen LogP contribution in [0.15, 0.2) is 66.7 Å². The minimum absolute atomic E-state index is 0.138. The van der Waals surface area contributed by atoms with Gasteiger partial charge in [0.05, 0.1) is 0 Å². The van der Waals surface area contributed by atoms with Gasteiger partial charge in [0, 0.05) is 28.8 Å². The molecule has 0 aromatic heterocycles. The van der Waals surface area contributed by atoms with Crippen LogP contribution in [0.25, 0.3) is 28.3 Å². The predicted octanol–water partition coefficient (Wildman–Crippen LogP) is 13.4. The summed E-state index contributed by atoms with van der Waals surface area (Å²) in [5, 5.41) is 0. The van der Waals surface area contributed by atoms with E-state index in [1.807, 2.05) is 0 Å². The number of alkyl halides is 5. The lowest BCUT2D eigenvalue weighted by atomic mass is 9.77. The number of halogens is 11. The van der Waals surface area contributed by atoms with E-state index in [1.54, 1.807) is 6.07 Å². The van der Waals surface area contributed by atoms with Crippen molar-refractivity contribution < 1.29 is 53.0 Å². The van der Waals surface area contributed by atoms with Crippen molar-refractivity contribution in [3.8, 4) is 28.0 Å². The standard InChI is InChI=1S/C39H33F11O/c1-2-3-4-5-22-6-8-23(9-7-22)24-10-12-28(31(40)16-24)26-19-35(44)37(36(45)20-26)39(49,50)51-27-11-13-29(34(43)21-27)25-17-32(41)30(33(42)18-25)14-15-38(46,47)48/h10-23H,2-9H2,1H3/b15-14+. The number of hydrogen-bond acceptors (Lipinski definition) is 1. The highest BCUT2D eigenvalue weighted by molar-refractivity contribution is 5.68. The monoisotopic (exact) mass is 726 g/mol. The normalized spacial score (nSPS) is 16.9. The average molecular weight is 727 g/mol. The molecule has 1 saturated carbocycles. The first-order chi connectivity index (χ1) is 24.1. The molecule has 1 aliphatic rings. The van der Waals surface area contributed by atoms with Gasteiger partial charge in [-0.3, -0.25) is 0 Å². The largest absolute Gasteiger partial charge is 0.432 e. The Morgan fingerprint density at radius 3 is 1.73 bits per heavy atom. The third-order valence-corrected chi connectivity index (χ3v) is 9.19. The maximum atomic E-state index is 15.3. The molecule has 1 aliphatic carbocycles. The summed E-state index contributed by atoms with van der Waals surface area (Å²) in [6, 6.07) is 8.37. The SMILES string of the molecule is CCCCCC1CCC(c2ccc(-c3cc(F)c(C(F)(F)Oc4ccc(-c5cc(F)c(/C=C/C(F)(F)F)c(F)c5)c(F)c4)c(F)c3)c(F)c2)CC1. The summed E-state index contributed by atoms with van der Waals surface area (Å²) in [5.41, 5.74) is -3.67. The number of benzene rings is 4. The van der Waals surface area contributed by atoms with Crippen LogP contribution in [0.3, 0.4) is 0 Å². The second-order valence-electron chi connectivity index (χ2n) is 12.8. The van der Waals surface area contributed by atoms with Crippen LogP contribution in [0.2, 0.25) is 0 Å². The molecule has 0 radical (unpaired) electrons. The van der Waals surface area contributed by atoms with Crippen LogP contribution >= 0.6 is 0 Å². The van der Waals surface area contributed by atoms with Crippen molar-refractivity contribution in [2.75, 3.05) is 0 Å². The Balaban J connectivity index is 1.31. The molecule has 0 unspecified atom stereocenters. The van der Waals surface area contributed by atoms with Crippen LogP contribution in [-0.2, 0) is 6.11 Å². The molecule has 1 nitrogen and oxygen atoms in total. The number of unbranched alkanes of at least 4 members (excludes halogenated alkanes) is 2. The molecular weight excluding hydrogens is 693 g/mol. The fourth-order valence-electron chi connectivity index (χ4n) is 6.56. The average Bonchev–Trinajstić information content (AvgIpc) is 3.03. The van der Waals surface area contributed by atoms with Crippen molar-refractivity contribution in [1.82, 2.24) is 0 Å². The van der Waals surface area contributed by atoms with Gasteiger partial charge in [0.2, 0.25) is 0 Å². The highest BCUT2D eigenvalue weighted by Gasteiger charge is 2.41. The Hall–Kier alpha value is -4.35. The van der Waals surface area contributed by atoms with Gasteiger partial charge in [-0.05, 0) is 103 Å². The highest BCUT2D eigenvalue weighted by Crippen LogP contribution is 2.41. The second-order valence-corrected chi connectivity index (χ2v) is 12.8. The van der Waals surface area contributed by atoms with Gasteiger partial charge in [0.25, 0.3) is 0 Å². The molecule has 0 aliphatic heterocycles. The number of ether oxygens (including phenoxy) is 1. The van der Waals surface area contributed by atoms with E-state index in [1.165, 1.54) is 31.4 Å². The van der Waals surface area contributed by atoms with Gasteiger partial charge in [-0.1, -0.05) is 44.7 Å². The van der Waals surface area contributed by atoms with E-state index >= 15 is 22.0 Å². The molecule has 12 heteroatoms. The molecule has 0 bridgehead atoms. The van der Waals surface area contributed by atoms with Crippen molar-refractivity contribution in [3.05, 3.63) is 118 Å². The van der Waals surface area contributed by atoms with Crippen LogP contribution in [0.5, 0.6) is 5.75 Å². The second kappa shape index (κ2) is 15.5. The summed E-state index contributed by atoms with van der Waals surface area (Å²) in [7, 11) is 0. The summed E-state index contributed by atoms with van der Waals surface area (Å²) in [4.78, 5) is 0. The van der Waals surface area contributed by atoms with Gasteiger partial charge in [-0.15, -0.1) is 0 Å². The lowest BCUT2D eigenvalue weighted by Gasteiger charge is -2.29. The molecule has 0 atom stereocenters. The molecule has 0 spiro atoms. The van der Waals surface area contributed by atoms with Crippen molar-refractivity contribution in [2.24, 2.45) is 5.92 Å². The summed E-state index contributed by atoms with van der Waals surface area (Å²) in [6.07, 6.45) is -1.23. The van der Waals surface area contributed by atoms with Crippen LogP contribution in [-0.4, -0.2) is 6.18 Å². The van der Waals surface area contributed by atoms with Crippen molar-refractivity contribution in [3.63, 3.8) is 0 Å². The molecule has 0 saturated heterocycles. The van der Waals surface area contributed by atoms with Gasteiger partial charge in [0.1, 0.15) is 46.2 Å².